The molecule has 0 unspecified atom stereocenters. The number of carbonyl (C=O) groups excluding carboxylic acids is 3. The molecule has 0 fully saturated rings. The minimum Gasteiger partial charge on any atom is -0.490 e. The van der Waals surface area contributed by atoms with Gasteiger partial charge < -0.3 is 34.3 Å². The third kappa shape index (κ3) is 6.53. The van der Waals surface area contributed by atoms with Crippen LogP contribution in [0.3, 0.4) is 0 Å². The summed E-state index contributed by atoms with van der Waals surface area (Å²) in [5.74, 6) is 0.313. The highest BCUT2D eigenvalue weighted by molar-refractivity contribution is 5.97. The van der Waals surface area contributed by atoms with E-state index in [1.54, 1.807) is 36.4 Å². The van der Waals surface area contributed by atoms with E-state index >= 15 is 0 Å². The van der Waals surface area contributed by atoms with E-state index in [1.165, 1.54) is 6.92 Å². The minimum atomic E-state index is -1.08. The van der Waals surface area contributed by atoms with E-state index in [0.717, 1.165) is 0 Å². The number of hydrogen-bond acceptors (Lipinski definition) is 8. The second kappa shape index (κ2) is 11.8. The van der Waals surface area contributed by atoms with Crippen LogP contribution in [0.1, 0.15) is 31.1 Å². The van der Waals surface area contributed by atoms with Crippen LogP contribution < -0.4 is 29.6 Å². The van der Waals surface area contributed by atoms with Crippen molar-refractivity contribution >= 4 is 23.5 Å². The number of nitrogens with one attached hydrogen (secondary N) is 2. The smallest absolute Gasteiger partial charge is 0.326 e. The standard InChI is InChI=1S/C24H28N2O8/c1-4-30-18-8-6-16(12-20(18)31-5-2)24(29)25-14-22(27)34-15(3)23(28)26-17-7-9-19-21(13-17)33-11-10-32-19/h6-9,12-13,15H,4-5,10-11,14H2,1-3H3,(H,25,29)(H,26,28)/t15-/m0/s1. The second-order valence-electron chi connectivity index (χ2n) is 7.19. The molecule has 10 nitrogen and oxygen atoms in total. The van der Waals surface area contributed by atoms with Gasteiger partial charge in [0.05, 0.1) is 13.2 Å². The third-order valence-corrected chi connectivity index (χ3v) is 4.69. The number of hydrogen-bond donors (Lipinski definition) is 2. The summed E-state index contributed by atoms with van der Waals surface area (Å²) in [5.41, 5.74) is 0.773. The van der Waals surface area contributed by atoms with Crippen molar-refractivity contribution in [3.63, 3.8) is 0 Å². The molecular formula is C24H28N2O8. The van der Waals surface area contributed by atoms with Crippen molar-refractivity contribution in [3.05, 3.63) is 42.0 Å². The van der Waals surface area contributed by atoms with Crippen LogP contribution in [0.5, 0.6) is 23.0 Å². The molecule has 2 N–H and O–H groups in total. The Morgan fingerprint density at radius 1 is 0.941 bits per heavy atom. The van der Waals surface area contributed by atoms with Gasteiger partial charge in [-0.1, -0.05) is 0 Å². The Labute approximate surface area is 197 Å². The Bertz CT molecular complexity index is 1040. The zero-order chi connectivity index (χ0) is 24.5. The Kier molecular flexibility index (Phi) is 8.55. The highest BCUT2D eigenvalue weighted by atomic mass is 16.6. The normalized spacial score (nSPS) is 12.8. The first-order chi connectivity index (χ1) is 16.4. The number of amides is 2. The quantitative estimate of drug-likeness (QED) is 0.506. The molecule has 1 aliphatic rings. The summed E-state index contributed by atoms with van der Waals surface area (Å²) >= 11 is 0. The Balaban J connectivity index is 1.49. The predicted octanol–water partition coefficient (Wildman–Crippen LogP) is 2.56. The van der Waals surface area contributed by atoms with E-state index in [9.17, 15) is 14.4 Å². The molecule has 0 spiro atoms. The van der Waals surface area contributed by atoms with Gasteiger partial charge in [-0.25, -0.2) is 0 Å². The van der Waals surface area contributed by atoms with E-state index in [4.69, 9.17) is 23.7 Å². The highest BCUT2D eigenvalue weighted by Gasteiger charge is 2.20. The lowest BCUT2D eigenvalue weighted by Gasteiger charge is -2.19. The molecule has 0 radical (unpaired) electrons. The van der Waals surface area contributed by atoms with Crippen LogP contribution in [0.15, 0.2) is 36.4 Å². The summed E-state index contributed by atoms with van der Waals surface area (Å²) in [6, 6.07) is 9.72. The molecule has 0 saturated heterocycles. The predicted molar refractivity (Wildman–Crippen MR) is 123 cm³/mol. The molecule has 1 aliphatic heterocycles. The number of rotatable bonds is 10. The minimum absolute atomic E-state index is 0.295. The van der Waals surface area contributed by atoms with Gasteiger partial charge in [0.2, 0.25) is 0 Å². The fourth-order valence-corrected chi connectivity index (χ4v) is 3.10. The van der Waals surface area contributed by atoms with Crippen molar-refractivity contribution < 1.29 is 38.1 Å². The van der Waals surface area contributed by atoms with Gasteiger partial charge in [0.1, 0.15) is 19.8 Å². The lowest BCUT2D eigenvalue weighted by atomic mass is 10.2. The maximum absolute atomic E-state index is 12.4. The molecule has 2 aromatic rings. The molecular weight excluding hydrogens is 444 g/mol. The average Bonchev–Trinajstić information content (AvgIpc) is 2.83. The topological polar surface area (TPSA) is 121 Å². The van der Waals surface area contributed by atoms with Crippen LogP contribution in [0, 0.1) is 0 Å². The Morgan fingerprint density at radius 3 is 2.38 bits per heavy atom. The first-order valence-electron chi connectivity index (χ1n) is 11.0. The van der Waals surface area contributed by atoms with Crippen molar-refractivity contribution in [1.29, 1.82) is 0 Å². The fourth-order valence-electron chi connectivity index (χ4n) is 3.10. The summed E-state index contributed by atoms with van der Waals surface area (Å²) in [6.07, 6.45) is -1.08. The highest BCUT2D eigenvalue weighted by Crippen LogP contribution is 2.32. The van der Waals surface area contributed by atoms with Crippen LogP contribution >= 0.6 is 0 Å². The average molecular weight is 472 g/mol. The van der Waals surface area contributed by atoms with Gasteiger partial charge in [0, 0.05) is 17.3 Å². The lowest BCUT2D eigenvalue weighted by Crippen LogP contribution is -2.35. The Morgan fingerprint density at radius 2 is 1.65 bits per heavy atom. The van der Waals surface area contributed by atoms with Crippen LogP contribution in [-0.2, 0) is 14.3 Å². The molecule has 34 heavy (non-hydrogen) atoms. The SMILES string of the molecule is CCOc1ccc(C(=O)NCC(=O)O[C@@H](C)C(=O)Nc2ccc3c(c2)OCCO3)cc1OCC. The first kappa shape index (κ1) is 24.7. The molecule has 182 valence electrons. The summed E-state index contributed by atoms with van der Waals surface area (Å²) in [5, 5.41) is 5.13. The maximum atomic E-state index is 12.4. The van der Waals surface area contributed by atoms with Crippen LogP contribution in [0.4, 0.5) is 5.69 Å². The van der Waals surface area contributed by atoms with E-state index in [0.29, 0.717) is 60.7 Å². The van der Waals surface area contributed by atoms with Gasteiger partial charge >= 0.3 is 5.97 Å². The van der Waals surface area contributed by atoms with Gasteiger partial charge in [0.25, 0.3) is 11.8 Å². The van der Waals surface area contributed by atoms with Crippen molar-refractivity contribution in [1.82, 2.24) is 5.32 Å². The van der Waals surface area contributed by atoms with Gasteiger partial charge in [-0.3, -0.25) is 14.4 Å². The fraction of sp³-hybridized carbons (Fsp3) is 0.375. The number of fused-ring (bicyclic) bond motifs is 1. The van der Waals surface area contributed by atoms with Crippen molar-refractivity contribution in [2.24, 2.45) is 0 Å². The summed E-state index contributed by atoms with van der Waals surface area (Å²) in [6.45, 7) is 6.46. The lowest BCUT2D eigenvalue weighted by molar-refractivity contribution is -0.152. The number of ether oxygens (including phenoxy) is 5. The Hall–Kier alpha value is -3.95. The molecule has 1 heterocycles. The van der Waals surface area contributed by atoms with Crippen molar-refractivity contribution in [3.8, 4) is 23.0 Å². The van der Waals surface area contributed by atoms with E-state index < -0.39 is 30.4 Å². The van der Waals surface area contributed by atoms with E-state index in [1.807, 2.05) is 13.8 Å². The molecule has 3 rings (SSSR count). The van der Waals surface area contributed by atoms with Crippen molar-refractivity contribution in [2.45, 2.75) is 26.9 Å². The third-order valence-electron chi connectivity index (χ3n) is 4.69. The molecule has 2 amide bonds. The maximum Gasteiger partial charge on any atom is 0.326 e. The molecule has 1 atom stereocenters. The number of carbonyl (C=O) groups is 3. The number of esters is 1. The molecule has 0 bridgehead atoms. The first-order valence-corrected chi connectivity index (χ1v) is 11.0. The molecule has 10 heteroatoms. The molecule has 0 saturated carbocycles. The summed E-state index contributed by atoms with van der Waals surface area (Å²) in [7, 11) is 0. The number of anilines is 1. The zero-order valence-corrected chi connectivity index (χ0v) is 19.3. The van der Waals surface area contributed by atoms with Gasteiger partial charge in [-0.15, -0.1) is 0 Å². The van der Waals surface area contributed by atoms with E-state index in [-0.39, 0.29) is 0 Å². The van der Waals surface area contributed by atoms with Crippen LogP contribution in [0.2, 0.25) is 0 Å². The zero-order valence-electron chi connectivity index (χ0n) is 19.3. The van der Waals surface area contributed by atoms with Gasteiger partial charge in [-0.2, -0.15) is 0 Å². The second-order valence-corrected chi connectivity index (χ2v) is 7.19. The summed E-state index contributed by atoms with van der Waals surface area (Å²) < 4.78 is 27.0. The molecule has 2 aromatic carbocycles. The number of benzene rings is 2. The monoisotopic (exact) mass is 472 g/mol. The van der Waals surface area contributed by atoms with Crippen molar-refractivity contribution in [2.75, 3.05) is 38.3 Å². The molecule has 0 aromatic heterocycles. The largest absolute Gasteiger partial charge is 0.490 e. The van der Waals surface area contributed by atoms with Gasteiger partial charge in [-0.05, 0) is 51.1 Å². The van der Waals surface area contributed by atoms with E-state index in [2.05, 4.69) is 10.6 Å². The summed E-state index contributed by atoms with van der Waals surface area (Å²) in [4.78, 5) is 37.0. The van der Waals surface area contributed by atoms with Crippen LogP contribution in [0.25, 0.3) is 0 Å². The van der Waals surface area contributed by atoms with Crippen LogP contribution in [-0.4, -0.2) is 56.9 Å². The molecule has 0 aliphatic carbocycles. The van der Waals surface area contributed by atoms with Gasteiger partial charge in [0.15, 0.2) is 29.1 Å².